The minimum atomic E-state index is -1.05. The van der Waals surface area contributed by atoms with Crippen LogP contribution in [-0.4, -0.2) is 53.6 Å². The summed E-state index contributed by atoms with van der Waals surface area (Å²) in [5.74, 6) is -1.57. The number of carbonyl (C=O) groups excluding carboxylic acids is 4. The second kappa shape index (κ2) is 10.1. The molecule has 4 rings (SSSR count). The van der Waals surface area contributed by atoms with E-state index in [2.05, 4.69) is 5.32 Å². The van der Waals surface area contributed by atoms with Crippen molar-refractivity contribution in [2.45, 2.75) is 31.2 Å². The third-order valence-electron chi connectivity index (χ3n) is 5.72. The molecule has 0 spiro atoms. The van der Waals surface area contributed by atoms with Gasteiger partial charge in [0.05, 0.1) is 0 Å². The number of fused-ring (bicyclic) bond motifs is 3. The summed E-state index contributed by atoms with van der Waals surface area (Å²) in [6.45, 7) is 0.104. The third-order valence-corrected chi connectivity index (χ3v) is 6.36. The summed E-state index contributed by atoms with van der Waals surface area (Å²) in [6.07, 6.45) is 1.37. The fraction of sp³-hybridized carbons (Fsp3) is 0.333. The summed E-state index contributed by atoms with van der Waals surface area (Å²) in [5.41, 5.74) is 4.39. The Balaban J connectivity index is 1.40. The maximum Gasteiger partial charge on any atom is 0.407 e. The molecule has 2 aliphatic rings. The van der Waals surface area contributed by atoms with Crippen molar-refractivity contribution in [1.82, 2.24) is 10.4 Å². The van der Waals surface area contributed by atoms with Crippen LogP contribution < -0.4 is 5.32 Å². The van der Waals surface area contributed by atoms with Crippen LogP contribution in [0, 0.1) is 0 Å². The van der Waals surface area contributed by atoms with Crippen LogP contribution in [0.25, 0.3) is 11.1 Å². The zero-order valence-corrected chi connectivity index (χ0v) is 18.9. The quantitative estimate of drug-likeness (QED) is 0.594. The van der Waals surface area contributed by atoms with E-state index in [1.165, 1.54) is 11.8 Å². The number of benzene rings is 2. The Morgan fingerprint density at radius 3 is 2.18 bits per heavy atom. The van der Waals surface area contributed by atoms with Gasteiger partial charge in [-0.25, -0.2) is 9.59 Å². The van der Waals surface area contributed by atoms with Crippen molar-refractivity contribution in [2.75, 3.05) is 18.6 Å². The first kappa shape index (κ1) is 22.8. The van der Waals surface area contributed by atoms with E-state index in [1.54, 1.807) is 0 Å². The van der Waals surface area contributed by atoms with E-state index in [9.17, 15) is 19.2 Å². The number of hydrogen-bond acceptors (Lipinski definition) is 7. The molecule has 2 aromatic rings. The number of nitrogens with one attached hydrogen (secondary N) is 1. The van der Waals surface area contributed by atoms with Gasteiger partial charge >= 0.3 is 12.1 Å². The van der Waals surface area contributed by atoms with Gasteiger partial charge in [-0.15, -0.1) is 5.06 Å². The Morgan fingerprint density at radius 2 is 1.61 bits per heavy atom. The van der Waals surface area contributed by atoms with Crippen LogP contribution in [0.4, 0.5) is 4.79 Å². The van der Waals surface area contributed by atoms with E-state index in [0.717, 1.165) is 22.3 Å². The normalized spacial score (nSPS) is 15.7. The van der Waals surface area contributed by atoms with Crippen molar-refractivity contribution in [3.05, 3.63) is 59.7 Å². The molecule has 8 nitrogen and oxygen atoms in total. The molecule has 0 unspecified atom stereocenters. The van der Waals surface area contributed by atoms with Crippen molar-refractivity contribution >= 4 is 35.6 Å². The van der Waals surface area contributed by atoms with Crippen molar-refractivity contribution in [3.63, 3.8) is 0 Å². The van der Waals surface area contributed by atoms with Gasteiger partial charge in [-0.1, -0.05) is 48.5 Å². The lowest BCUT2D eigenvalue weighted by molar-refractivity contribution is -0.198. The molecule has 2 aromatic carbocycles. The molecule has 0 saturated carbocycles. The fourth-order valence-corrected chi connectivity index (χ4v) is 4.55. The first-order chi connectivity index (χ1) is 16.0. The zero-order valence-electron chi connectivity index (χ0n) is 18.1. The lowest BCUT2D eigenvalue weighted by Gasteiger charge is -2.20. The number of nitrogens with zero attached hydrogens (tertiary/aromatic N) is 1. The Kier molecular flexibility index (Phi) is 6.98. The van der Waals surface area contributed by atoms with Crippen LogP contribution in [0.1, 0.15) is 36.3 Å². The highest BCUT2D eigenvalue weighted by atomic mass is 32.2. The SMILES string of the molecule is CSCC[C@@H](NC(=O)OCC1c2ccccc2-c2ccccc21)C(=O)ON1C(=O)CCC1=O. The van der Waals surface area contributed by atoms with Crippen LogP contribution in [0.3, 0.4) is 0 Å². The highest BCUT2D eigenvalue weighted by molar-refractivity contribution is 7.98. The number of thioether (sulfide) groups is 1. The number of imide groups is 1. The van der Waals surface area contributed by atoms with Gasteiger partial charge in [-0.05, 0) is 40.7 Å². The molecule has 1 heterocycles. The average molecular weight is 469 g/mol. The van der Waals surface area contributed by atoms with Gasteiger partial charge in [0.1, 0.15) is 12.6 Å². The maximum atomic E-state index is 12.6. The fourth-order valence-electron chi connectivity index (χ4n) is 4.08. The number of amides is 3. The zero-order chi connectivity index (χ0) is 23.4. The van der Waals surface area contributed by atoms with Crippen LogP contribution in [0.5, 0.6) is 0 Å². The Hall–Kier alpha value is -3.33. The highest BCUT2D eigenvalue weighted by Gasteiger charge is 2.35. The van der Waals surface area contributed by atoms with E-state index in [0.29, 0.717) is 10.8 Å². The standard InChI is InChI=1S/C24H24N2O6S/c1-33-13-12-20(23(29)32-26-21(27)10-11-22(26)28)25-24(30)31-14-19-17-8-4-2-6-15(17)16-7-3-5-9-18(16)19/h2-9,19-20H,10-14H2,1H3,(H,25,30)/t20-/m1/s1. The Morgan fingerprint density at radius 1 is 1.03 bits per heavy atom. The molecule has 33 heavy (non-hydrogen) atoms. The average Bonchev–Trinajstić information content (AvgIpc) is 3.32. The van der Waals surface area contributed by atoms with Gasteiger partial charge in [0.25, 0.3) is 11.8 Å². The molecule has 172 valence electrons. The molecular formula is C24H24N2O6S. The molecule has 1 N–H and O–H groups in total. The predicted molar refractivity (Wildman–Crippen MR) is 122 cm³/mol. The Labute approximate surface area is 195 Å². The van der Waals surface area contributed by atoms with Crippen LogP contribution in [0.2, 0.25) is 0 Å². The Bertz CT molecular complexity index is 1030. The molecule has 0 aromatic heterocycles. The van der Waals surface area contributed by atoms with Gasteiger partial charge in [-0.2, -0.15) is 11.8 Å². The highest BCUT2D eigenvalue weighted by Crippen LogP contribution is 2.44. The molecule has 1 saturated heterocycles. The molecule has 1 atom stereocenters. The minimum absolute atomic E-state index is 0.00139. The molecule has 9 heteroatoms. The first-order valence-electron chi connectivity index (χ1n) is 10.7. The van der Waals surface area contributed by atoms with Gasteiger partial charge in [0.2, 0.25) is 0 Å². The second-order valence-corrected chi connectivity index (χ2v) is 8.78. The molecule has 0 radical (unpaired) electrons. The van der Waals surface area contributed by atoms with Gasteiger partial charge < -0.3 is 14.9 Å². The van der Waals surface area contributed by atoms with Crippen molar-refractivity contribution in [3.8, 4) is 11.1 Å². The van der Waals surface area contributed by atoms with Crippen LogP contribution >= 0.6 is 11.8 Å². The second-order valence-electron chi connectivity index (χ2n) is 7.80. The van der Waals surface area contributed by atoms with Gasteiger partial charge in [-0.3, -0.25) is 9.59 Å². The number of rotatable bonds is 8. The maximum absolute atomic E-state index is 12.6. The van der Waals surface area contributed by atoms with E-state index in [1.807, 2.05) is 54.8 Å². The predicted octanol–water partition coefficient (Wildman–Crippen LogP) is 3.25. The molecule has 3 amide bonds. The summed E-state index contributed by atoms with van der Waals surface area (Å²) in [7, 11) is 0. The summed E-state index contributed by atoms with van der Waals surface area (Å²) in [4.78, 5) is 53.6. The number of hydrogen-bond donors (Lipinski definition) is 1. The number of ether oxygens (including phenoxy) is 1. The van der Waals surface area contributed by atoms with Gasteiger partial charge in [0, 0.05) is 18.8 Å². The van der Waals surface area contributed by atoms with E-state index < -0.39 is 29.9 Å². The van der Waals surface area contributed by atoms with E-state index in [-0.39, 0.29) is 31.8 Å². The number of hydroxylamine groups is 2. The number of alkyl carbamates (subject to hydrolysis) is 1. The topological polar surface area (TPSA) is 102 Å². The van der Waals surface area contributed by atoms with E-state index in [4.69, 9.17) is 9.57 Å². The monoisotopic (exact) mass is 468 g/mol. The minimum Gasteiger partial charge on any atom is -0.449 e. The van der Waals surface area contributed by atoms with E-state index >= 15 is 0 Å². The largest absolute Gasteiger partial charge is 0.449 e. The lowest BCUT2D eigenvalue weighted by atomic mass is 9.98. The number of carbonyl (C=O) groups is 4. The molecule has 1 aliphatic carbocycles. The molecule has 1 aliphatic heterocycles. The summed E-state index contributed by atoms with van der Waals surface area (Å²) < 4.78 is 5.50. The first-order valence-corrected chi connectivity index (χ1v) is 12.1. The third kappa shape index (κ3) is 4.88. The lowest BCUT2D eigenvalue weighted by Crippen LogP contribution is -2.46. The van der Waals surface area contributed by atoms with Gasteiger partial charge in [0.15, 0.2) is 0 Å². The van der Waals surface area contributed by atoms with Crippen molar-refractivity contribution in [1.29, 1.82) is 0 Å². The summed E-state index contributed by atoms with van der Waals surface area (Å²) >= 11 is 1.49. The molecular weight excluding hydrogens is 444 g/mol. The van der Waals surface area contributed by atoms with Crippen LogP contribution in [0.15, 0.2) is 48.5 Å². The summed E-state index contributed by atoms with van der Waals surface area (Å²) in [6, 6.07) is 14.9. The van der Waals surface area contributed by atoms with Crippen LogP contribution in [-0.2, 0) is 24.0 Å². The van der Waals surface area contributed by atoms with Crippen molar-refractivity contribution in [2.24, 2.45) is 0 Å². The molecule has 0 bridgehead atoms. The smallest absolute Gasteiger partial charge is 0.407 e. The molecule has 1 fully saturated rings. The summed E-state index contributed by atoms with van der Waals surface area (Å²) in [5, 5.41) is 3.01. The van der Waals surface area contributed by atoms with Crippen molar-refractivity contribution < 1.29 is 28.8 Å².